The molecule has 0 aliphatic heterocycles. The van der Waals surface area contributed by atoms with Crippen LogP contribution in [0.1, 0.15) is 30.5 Å². The van der Waals surface area contributed by atoms with Crippen LogP contribution in [0, 0.1) is 20.8 Å². The molecule has 1 rings (SSSR count). The Morgan fingerprint density at radius 1 is 1.09 bits per heavy atom. The predicted molar refractivity (Wildman–Crippen MR) is 88.5 cm³/mol. The fraction of sp³-hybridized carbons (Fsp3) is 0.533. The summed E-state index contributed by atoms with van der Waals surface area (Å²) in [6, 6.07) is 3.55. The molecule has 1 aromatic rings. The van der Waals surface area contributed by atoms with Crippen molar-refractivity contribution in [3.63, 3.8) is 0 Å². The maximum absolute atomic E-state index is 12.3. The van der Waals surface area contributed by atoms with E-state index in [0.29, 0.717) is 0 Å². The standard InChI is InChI=1S/C15H25N2O4P/c1-6-20-22(19,21-7-2)10-16-15(18)17-14-12(4)8-11(3)9-13(14)5/h8-9H,6-7,10H2,1-5H3,(H2,16,17,18). The van der Waals surface area contributed by atoms with Gasteiger partial charge in [-0.15, -0.1) is 0 Å². The SMILES string of the molecule is CCOP(=O)(CNC(=O)Nc1c(C)cc(C)cc1C)OCC. The summed E-state index contributed by atoms with van der Waals surface area (Å²) in [5, 5.41) is 5.33. The normalized spacial score (nSPS) is 11.3. The zero-order valence-electron chi connectivity index (χ0n) is 13.9. The Balaban J connectivity index is 2.69. The molecule has 0 bridgehead atoms. The lowest BCUT2D eigenvalue weighted by Gasteiger charge is -2.18. The van der Waals surface area contributed by atoms with Crippen LogP contribution in [0.3, 0.4) is 0 Å². The number of urea groups is 1. The highest BCUT2D eigenvalue weighted by Gasteiger charge is 2.24. The fourth-order valence-corrected chi connectivity index (χ4v) is 3.61. The van der Waals surface area contributed by atoms with Crippen LogP contribution >= 0.6 is 7.60 Å². The third-order valence-corrected chi connectivity index (χ3v) is 4.85. The number of nitrogens with one attached hydrogen (secondary N) is 2. The molecule has 0 saturated carbocycles. The summed E-state index contributed by atoms with van der Waals surface area (Å²) in [4.78, 5) is 12.0. The molecule has 1 aromatic carbocycles. The number of rotatable bonds is 7. The largest absolute Gasteiger partial charge is 0.349 e. The Morgan fingerprint density at radius 2 is 1.59 bits per heavy atom. The van der Waals surface area contributed by atoms with Gasteiger partial charge in [0.2, 0.25) is 0 Å². The molecule has 2 N–H and O–H groups in total. The molecule has 0 unspecified atom stereocenters. The first-order valence-electron chi connectivity index (χ1n) is 7.32. The van der Waals surface area contributed by atoms with Crippen LogP contribution in [0.2, 0.25) is 0 Å². The molecule has 0 saturated heterocycles. The lowest BCUT2D eigenvalue weighted by atomic mass is 10.1. The van der Waals surface area contributed by atoms with Gasteiger partial charge in [0.1, 0.15) is 6.29 Å². The molecular weight excluding hydrogens is 303 g/mol. The number of amides is 2. The monoisotopic (exact) mass is 328 g/mol. The van der Waals surface area contributed by atoms with Gasteiger partial charge in [-0.3, -0.25) is 4.57 Å². The number of hydrogen-bond donors (Lipinski definition) is 2. The van der Waals surface area contributed by atoms with Crippen LogP contribution in [0.4, 0.5) is 10.5 Å². The van der Waals surface area contributed by atoms with Gasteiger partial charge in [0.25, 0.3) is 0 Å². The van der Waals surface area contributed by atoms with Gasteiger partial charge < -0.3 is 19.7 Å². The molecule has 0 fully saturated rings. The van der Waals surface area contributed by atoms with Crippen molar-refractivity contribution in [1.82, 2.24) is 5.32 Å². The molecule has 7 heteroatoms. The van der Waals surface area contributed by atoms with E-state index in [4.69, 9.17) is 9.05 Å². The second kappa shape index (κ2) is 8.32. The van der Waals surface area contributed by atoms with E-state index in [0.717, 1.165) is 22.4 Å². The first-order chi connectivity index (χ1) is 10.3. The smallest absolute Gasteiger partial charge is 0.326 e. The molecule has 124 valence electrons. The minimum atomic E-state index is -3.28. The van der Waals surface area contributed by atoms with Crippen molar-refractivity contribution in [3.05, 3.63) is 28.8 Å². The highest BCUT2D eigenvalue weighted by atomic mass is 31.2. The summed E-state index contributed by atoms with van der Waals surface area (Å²) in [7, 11) is -3.28. The van der Waals surface area contributed by atoms with E-state index < -0.39 is 13.6 Å². The Bertz CT molecular complexity index is 542. The molecule has 0 heterocycles. The van der Waals surface area contributed by atoms with Crippen molar-refractivity contribution in [3.8, 4) is 0 Å². The second-order valence-corrected chi connectivity index (χ2v) is 7.06. The lowest BCUT2D eigenvalue weighted by Crippen LogP contribution is -2.30. The van der Waals surface area contributed by atoms with Crippen LogP contribution in [0.5, 0.6) is 0 Å². The van der Waals surface area contributed by atoms with Gasteiger partial charge in [-0.05, 0) is 45.7 Å². The van der Waals surface area contributed by atoms with E-state index in [2.05, 4.69) is 10.6 Å². The van der Waals surface area contributed by atoms with E-state index in [1.54, 1.807) is 13.8 Å². The minimum Gasteiger partial charge on any atom is -0.326 e. The summed E-state index contributed by atoms with van der Waals surface area (Å²) in [6.45, 7) is 9.84. The van der Waals surface area contributed by atoms with Crippen molar-refractivity contribution >= 4 is 19.3 Å². The predicted octanol–water partition coefficient (Wildman–Crippen LogP) is 3.96. The van der Waals surface area contributed by atoms with Gasteiger partial charge in [-0.25, -0.2) is 4.79 Å². The number of carbonyl (C=O) groups is 1. The van der Waals surface area contributed by atoms with Crippen molar-refractivity contribution < 1.29 is 18.4 Å². The van der Waals surface area contributed by atoms with E-state index in [1.807, 2.05) is 32.9 Å². The molecule has 0 radical (unpaired) electrons. The second-order valence-electron chi connectivity index (χ2n) is 5.01. The van der Waals surface area contributed by atoms with Crippen LogP contribution in [0.15, 0.2) is 12.1 Å². The van der Waals surface area contributed by atoms with Crippen LogP contribution in [-0.4, -0.2) is 25.5 Å². The topological polar surface area (TPSA) is 76.7 Å². The Hall–Kier alpha value is -1.36. The number of benzene rings is 1. The molecule has 0 aliphatic rings. The maximum Gasteiger partial charge on any atom is 0.349 e. The van der Waals surface area contributed by atoms with Gasteiger partial charge in [0.15, 0.2) is 0 Å². The van der Waals surface area contributed by atoms with Crippen molar-refractivity contribution in [2.45, 2.75) is 34.6 Å². The van der Waals surface area contributed by atoms with Crippen LogP contribution in [-0.2, 0) is 13.6 Å². The highest BCUT2D eigenvalue weighted by molar-refractivity contribution is 7.53. The summed E-state index contributed by atoms with van der Waals surface area (Å²) >= 11 is 0. The van der Waals surface area contributed by atoms with Crippen molar-refractivity contribution in [1.29, 1.82) is 0 Å². The molecule has 6 nitrogen and oxygen atoms in total. The van der Waals surface area contributed by atoms with Gasteiger partial charge in [0.05, 0.1) is 13.2 Å². The Morgan fingerprint density at radius 3 is 2.05 bits per heavy atom. The average Bonchev–Trinajstić information content (AvgIpc) is 2.41. The first kappa shape index (κ1) is 18.7. The van der Waals surface area contributed by atoms with Crippen molar-refractivity contribution in [2.75, 3.05) is 24.8 Å². The average molecular weight is 328 g/mol. The van der Waals surface area contributed by atoms with Gasteiger partial charge in [-0.2, -0.15) is 0 Å². The number of hydrogen-bond acceptors (Lipinski definition) is 4. The van der Waals surface area contributed by atoms with E-state index in [-0.39, 0.29) is 19.5 Å². The van der Waals surface area contributed by atoms with E-state index in [1.165, 1.54) is 0 Å². The molecule has 0 atom stereocenters. The van der Waals surface area contributed by atoms with Gasteiger partial charge >= 0.3 is 13.6 Å². The maximum atomic E-state index is 12.3. The van der Waals surface area contributed by atoms with Gasteiger partial charge in [-0.1, -0.05) is 17.7 Å². The summed E-state index contributed by atoms with van der Waals surface area (Å²) < 4.78 is 22.5. The lowest BCUT2D eigenvalue weighted by molar-refractivity contribution is 0.216. The number of anilines is 1. The summed E-state index contributed by atoms with van der Waals surface area (Å²) in [5.74, 6) is 0. The zero-order chi connectivity index (χ0) is 16.8. The van der Waals surface area contributed by atoms with Crippen LogP contribution in [0.25, 0.3) is 0 Å². The van der Waals surface area contributed by atoms with Crippen molar-refractivity contribution in [2.24, 2.45) is 0 Å². The zero-order valence-corrected chi connectivity index (χ0v) is 14.8. The first-order valence-corrected chi connectivity index (χ1v) is 9.05. The fourth-order valence-electron chi connectivity index (χ4n) is 2.23. The third-order valence-electron chi connectivity index (χ3n) is 3.00. The van der Waals surface area contributed by atoms with E-state index in [9.17, 15) is 9.36 Å². The molecular formula is C15H25N2O4P. The van der Waals surface area contributed by atoms with Gasteiger partial charge in [0, 0.05) is 5.69 Å². The molecule has 0 aromatic heterocycles. The Kier molecular flexibility index (Phi) is 7.07. The summed E-state index contributed by atoms with van der Waals surface area (Å²) in [6.07, 6.45) is -0.162. The quantitative estimate of drug-likeness (QED) is 0.743. The minimum absolute atomic E-state index is 0.162. The number of aryl methyl sites for hydroxylation is 3. The Labute approximate surface area is 132 Å². The third kappa shape index (κ3) is 5.44. The van der Waals surface area contributed by atoms with E-state index >= 15 is 0 Å². The molecule has 22 heavy (non-hydrogen) atoms. The highest BCUT2D eigenvalue weighted by Crippen LogP contribution is 2.46. The molecule has 2 amide bonds. The molecule has 0 aliphatic carbocycles. The number of carbonyl (C=O) groups excluding carboxylic acids is 1. The molecule has 0 spiro atoms. The summed E-state index contributed by atoms with van der Waals surface area (Å²) in [5.41, 5.74) is 3.85. The van der Waals surface area contributed by atoms with Crippen LogP contribution < -0.4 is 10.6 Å².